The Kier molecular flexibility index (Phi) is 1.56. The zero-order valence-corrected chi connectivity index (χ0v) is 6.24. The summed E-state index contributed by atoms with van der Waals surface area (Å²) in [4.78, 5) is 0. The van der Waals surface area contributed by atoms with Crippen molar-refractivity contribution in [1.82, 2.24) is 0 Å². The summed E-state index contributed by atoms with van der Waals surface area (Å²) in [5.41, 5.74) is 2.97. The second-order valence-electron chi connectivity index (χ2n) is 3.02. The third-order valence-corrected chi connectivity index (χ3v) is 2.25. The first-order valence-corrected chi connectivity index (χ1v) is 4.16. The molecule has 0 aromatic carbocycles. The van der Waals surface area contributed by atoms with Crippen molar-refractivity contribution in [2.24, 2.45) is 0 Å². The Hall–Kier alpha value is -0.610. The number of fused-ring (bicyclic) bond motifs is 1. The summed E-state index contributed by atoms with van der Waals surface area (Å²) in [5, 5.41) is 0. The van der Waals surface area contributed by atoms with Crippen molar-refractivity contribution in [2.75, 3.05) is 0 Å². The molecule has 0 nitrogen and oxygen atoms in total. The lowest BCUT2D eigenvalue weighted by molar-refractivity contribution is 0.695. The van der Waals surface area contributed by atoms with Gasteiger partial charge in [0.05, 0.1) is 6.42 Å². The average Bonchev–Trinajstić information content (AvgIpc) is 2.05. The SMILES string of the molecule is [C+]1=C2CCC[C-]=C2CCC1. The van der Waals surface area contributed by atoms with Crippen molar-refractivity contribution in [3.8, 4) is 0 Å². The Labute approximate surface area is 62.6 Å². The fourth-order valence-electron chi connectivity index (χ4n) is 1.70. The lowest BCUT2D eigenvalue weighted by Gasteiger charge is -2.19. The molecule has 0 amide bonds. The van der Waals surface area contributed by atoms with Gasteiger partial charge < -0.3 is 0 Å². The molecule has 0 unspecified atom stereocenters. The van der Waals surface area contributed by atoms with E-state index >= 15 is 0 Å². The van der Waals surface area contributed by atoms with Gasteiger partial charge in [-0.3, -0.25) is 0 Å². The highest BCUT2D eigenvalue weighted by Gasteiger charge is 2.13. The van der Waals surface area contributed by atoms with E-state index in [4.69, 9.17) is 0 Å². The largest absolute Gasteiger partial charge is 0.166 e. The van der Waals surface area contributed by atoms with E-state index in [1.807, 2.05) is 0 Å². The quantitative estimate of drug-likeness (QED) is 0.444. The molecule has 2 rings (SSSR count). The molecule has 10 heavy (non-hydrogen) atoms. The highest BCUT2D eigenvalue weighted by molar-refractivity contribution is 5.30. The minimum Gasteiger partial charge on any atom is -0.166 e. The van der Waals surface area contributed by atoms with E-state index in [1.54, 1.807) is 0 Å². The number of hydrogen-bond donors (Lipinski definition) is 0. The average molecular weight is 132 g/mol. The zero-order valence-electron chi connectivity index (χ0n) is 6.24. The molecule has 52 valence electrons. The van der Waals surface area contributed by atoms with Gasteiger partial charge in [0.1, 0.15) is 0 Å². The predicted molar refractivity (Wildman–Crippen MR) is 41.2 cm³/mol. The maximum atomic E-state index is 3.44. The molecule has 0 heterocycles. The molecule has 0 aliphatic heterocycles. The van der Waals surface area contributed by atoms with E-state index < -0.39 is 0 Å². The molecular weight excluding hydrogens is 120 g/mol. The Bertz CT molecular complexity index is 162. The molecule has 0 aromatic heterocycles. The molecule has 2 aliphatic carbocycles. The van der Waals surface area contributed by atoms with E-state index in [1.165, 1.54) is 49.7 Å². The van der Waals surface area contributed by atoms with Crippen molar-refractivity contribution in [3.05, 3.63) is 23.3 Å². The maximum absolute atomic E-state index is 3.44. The summed E-state index contributed by atoms with van der Waals surface area (Å²) in [6, 6.07) is 0. The smallest absolute Gasteiger partial charge is 0.0697 e. The fourth-order valence-corrected chi connectivity index (χ4v) is 1.70. The molecular formula is C10H12. The first-order valence-electron chi connectivity index (χ1n) is 4.16. The van der Waals surface area contributed by atoms with Crippen molar-refractivity contribution in [1.29, 1.82) is 0 Å². The second kappa shape index (κ2) is 2.56. The molecule has 0 saturated carbocycles. The summed E-state index contributed by atoms with van der Waals surface area (Å²) in [6.45, 7) is 0. The summed E-state index contributed by atoms with van der Waals surface area (Å²) < 4.78 is 0. The van der Waals surface area contributed by atoms with Gasteiger partial charge in [0.25, 0.3) is 0 Å². The van der Waals surface area contributed by atoms with Crippen LogP contribution >= 0.6 is 0 Å². The molecule has 0 N–H and O–H groups in total. The van der Waals surface area contributed by atoms with Crippen molar-refractivity contribution < 1.29 is 0 Å². The maximum Gasteiger partial charge on any atom is 0.0697 e. The Morgan fingerprint density at radius 3 is 3.10 bits per heavy atom. The van der Waals surface area contributed by atoms with E-state index in [2.05, 4.69) is 12.2 Å². The van der Waals surface area contributed by atoms with E-state index in [-0.39, 0.29) is 0 Å². The Morgan fingerprint density at radius 2 is 2.20 bits per heavy atom. The van der Waals surface area contributed by atoms with Crippen LogP contribution in [-0.4, -0.2) is 0 Å². The molecule has 0 radical (unpaired) electrons. The first-order chi connectivity index (χ1) is 4.97. The van der Waals surface area contributed by atoms with Crippen LogP contribution in [-0.2, 0) is 0 Å². The summed E-state index contributed by atoms with van der Waals surface area (Å²) in [6.07, 6.45) is 14.4. The van der Waals surface area contributed by atoms with Crippen LogP contribution in [0.15, 0.2) is 11.1 Å². The zero-order chi connectivity index (χ0) is 6.81. The van der Waals surface area contributed by atoms with Crippen molar-refractivity contribution in [3.63, 3.8) is 0 Å². The fraction of sp³-hybridized carbons (Fsp3) is 0.600. The molecule has 0 atom stereocenters. The number of allylic oxidation sites excluding steroid dienone is 4. The van der Waals surface area contributed by atoms with E-state index in [0.29, 0.717) is 0 Å². The van der Waals surface area contributed by atoms with Gasteiger partial charge in [0, 0.05) is 12.0 Å². The van der Waals surface area contributed by atoms with Crippen LogP contribution in [0.5, 0.6) is 0 Å². The van der Waals surface area contributed by atoms with Gasteiger partial charge in [-0.15, -0.1) is 0 Å². The van der Waals surface area contributed by atoms with Gasteiger partial charge in [-0.1, -0.05) is 24.8 Å². The lowest BCUT2D eigenvalue weighted by atomic mass is 9.86. The lowest BCUT2D eigenvalue weighted by Crippen LogP contribution is -2.01. The van der Waals surface area contributed by atoms with Gasteiger partial charge in [-0.05, 0) is 12.5 Å². The van der Waals surface area contributed by atoms with Gasteiger partial charge in [-0.2, -0.15) is 6.08 Å². The Balaban J connectivity index is 2.25. The first kappa shape index (κ1) is 6.12. The van der Waals surface area contributed by atoms with Gasteiger partial charge >= 0.3 is 0 Å². The van der Waals surface area contributed by atoms with Gasteiger partial charge in [0.15, 0.2) is 0 Å². The van der Waals surface area contributed by atoms with Gasteiger partial charge in [-0.25, -0.2) is 0 Å². The summed E-state index contributed by atoms with van der Waals surface area (Å²) in [7, 11) is 0. The highest BCUT2D eigenvalue weighted by atomic mass is 14.2. The Morgan fingerprint density at radius 1 is 1.20 bits per heavy atom. The third-order valence-electron chi connectivity index (χ3n) is 2.25. The van der Waals surface area contributed by atoms with Crippen LogP contribution < -0.4 is 0 Å². The minimum absolute atomic E-state index is 1.18. The normalized spacial score (nSPS) is 24.0. The standard InChI is InChI=1S/C10H12/c1-2-6-10-8-4-3-7-9(10)5-1/h1-5,8H2. The van der Waals surface area contributed by atoms with Crippen LogP contribution in [0.25, 0.3) is 0 Å². The number of hydrogen-bond acceptors (Lipinski definition) is 0. The topological polar surface area (TPSA) is 0 Å². The monoisotopic (exact) mass is 132 g/mol. The van der Waals surface area contributed by atoms with Crippen LogP contribution in [0.4, 0.5) is 0 Å². The molecule has 0 fully saturated rings. The molecule has 0 aromatic rings. The summed E-state index contributed by atoms with van der Waals surface area (Å²) in [5.74, 6) is 0. The molecule has 0 heteroatoms. The number of rotatable bonds is 0. The molecule has 0 bridgehead atoms. The van der Waals surface area contributed by atoms with Crippen molar-refractivity contribution in [2.45, 2.75) is 38.5 Å². The van der Waals surface area contributed by atoms with E-state index in [0.717, 1.165) is 0 Å². The summed E-state index contributed by atoms with van der Waals surface area (Å²) >= 11 is 0. The van der Waals surface area contributed by atoms with Crippen LogP contribution in [0.3, 0.4) is 0 Å². The van der Waals surface area contributed by atoms with E-state index in [9.17, 15) is 0 Å². The molecule has 0 spiro atoms. The van der Waals surface area contributed by atoms with Crippen LogP contribution in [0, 0.1) is 12.2 Å². The van der Waals surface area contributed by atoms with Crippen LogP contribution in [0.1, 0.15) is 38.5 Å². The minimum atomic E-state index is 1.18. The predicted octanol–water partition coefficient (Wildman–Crippen LogP) is 2.81. The van der Waals surface area contributed by atoms with Gasteiger partial charge in [0.2, 0.25) is 0 Å². The van der Waals surface area contributed by atoms with Crippen LogP contribution in [0.2, 0.25) is 0 Å². The molecule has 2 aliphatic rings. The van der Waals surface area contributed by atoms with Crippen molar-refractivity contribution >= 4 is 0 Å². The third kappa shape index (κ3) is 0.998. The molecule has 0 saturated heterocycles. The highest BCUT2D eigenvalue weighted by Crippen LogP contribution is 2.30. The second-order valence-corrected chi connectivity index (χ2v) is 3.02.